The van der Waals surface area contributed by atoms with Crippen molar-refractivity contribution in [3.05, 3.63) is 11.3 Å². The Hall–Kier alpha value is -1.78. The molecule has 60 valence electrons. The minimum atomic E-state index is -0.150. The van der Waals surface area contributed by atoms with Gasteiger partial charge in [0.15, 0.2) is 5.82 Å². The van der Waals surface area contributed by atoms with Crippen LogP contribution in [0.4, 0.5) is 11.8 Å². The first kappa shape index (κ1) is 6.90. The molecule has 0 saturated carbocycles. The second-order valence-corrected chi connectivity index (χ2v) is 2.49. The van der Waals surface area contributed by atoms with E-state index in [1.807, 2.05) is 0 Å². The van der Waals surface area contributed by atoms with Crippen LogP contribution in [0, 0.1) is 6.92 Å². The van der Waals surface area contributed by atoms with E-state index in [4.69, 9.17) is 5.73 Å². The van der Waals surface area contributed by atoms with Crippen LogP contribution >= 0.6 is 0 Å². The number of ketones is 1. The lowest BCUT2D eigenvalue weighted by molar-refractivity contribution is 0.107. The topological polar surface area (TPSA) is 81.2 Å². The normalized spacial score (nSPS) is 13.6. The van der Waals surface area contributed by atoms with E-state index in [9.17, 15) is 4.79 Å². The summed E-state index contributed by atoms with van der Waals surface area (Å²) in [5.74, 6) is 0.380. The third-order valence-electron chi connectivity index (χ3n) is 1.64. The van der Waals surface area contributed by atoms with Crippen molar-refractivity contribution in [2.75, 3.05) is 5.73 Å². The van der Waals surface area contributed by atoms with Gasteiger partial charge < -0.3 is 5.73 Å². The maximum atomic E-state index is 11.1. The highest BCUT2D eigenvalue weighted by Crippen LogP contribution is 2.23. The number of hydrogen-bond donors (Lipinski definition) is 1. The lowest BCUT2D eigenvalue weighted by Gasteiger charge is -1.99. The van der Waals surface area contributed by atoms with Gasteiger partial charge in [0.25, 0.3) is 0 Å². The Morgan fingerprint density at radius 2 is 2.17 bits per heavy atom. The minimum Gasteiger partial charge on any atom is -0.368 e. The van der Waals surface area contributed by atoms with Crippen LogP contribution < -0.4 is 5.73 Å². The first-order valence-corrected chi connectivity index (χ1v) is 3.41. The number of rotatable bonds is 0. The summed E-state index contributed by atoms with van der Waals surface area (Å²) in [5.41, 5.74) is 6.42. The largest absolute Gasteiger partial charge is 0.368 e. The van der Waals surface area contributed by atoms with Crippen LogP contribution in [0.5, 0.6) is 0 Å². The number of carbonyl (C=O) groups excluding carboxylic acids is 1. The van der Waals surface area contributed by atoms with Crippen LogP contribution in [-0.2, 0) is 0 Å². The average Bonchev–Trinajstić information content (AvgIpc) is 2.31. The summed E-state index contributed by atoms with van der Waals surface area (Å²) >= 11 is 0. The van der Waals surface area contributed by atoms with Crippen molar-refractivity contribution in [3.8, 4) is 0 Å². The van der Waals surface area contributed by atoms with Crippen LogP contribution in [0.3, 0.4) is 0 Å². The standard InChI is InChI=1S/C7H6N4O/c1-3-5-4(12)2-9-6(5)11-7(8)10-3/h2H,1H3,(H2,8,10,11). The van der Waals surface area contributed by atoms with Crippen molar-refractivity contribution in [2.24, 2.45) is 4.99 Å². The first-order chi connectivity index (χ1) is 5.68. The molecule has 1 aliphatic rings. The average molecular weight is 162 g/mol. The maximum absolute atomic E-state index is 11.1. The van der Waals surface area contributed by atoms with Crippen LogP contribution in [0.2, 0.25) is 0 Å². The zero-order valence-corrected chi connectivity index (χ0v) is 6.40. The minimum absolute atomic E-state index is 0.150. The predicted octanol–water partition coefficient (Wildman–Crippen LogP) is 0.266. The lowest BCUT2D eigenvalue weighted by Crippen LogP contribution is -2.03. The van der Waals surface area contributed by atoms with E-state index in [-0.39, 0.29) is 11.7 Å². The number of nitrogens with two attached hydrogens (primary N) is 1. The molecular formula is C7H6N4O. The van der Waals surface area contributed by atoms with Gasteiger partial charge in [-0.05, 0) is 6.92 Å². The van der Waals surface area contributed by atoms with Crippen molar-refractivity contribution in [1.82, 2.24) is 9.97 Å². The molecular weight excluding hydrogens is 156 g/mol. The number of aryl methyl sites for hydroxylation is 1. The van der Waals surface area contributed by atoms with Gasteiger partial charge in [-0.3, -0.25) is 4.79 Å². The highest BCUT2D eigenvalue weighted by Gasteiger charge is 2.20. The number of anilines is 1. The summed E-state index contributed by atoms with van der Waals surface area (Å²) in [6, 6.07) is 0. The Kier molecular flexibility index (Phi) is 1.21. The molecule has 1 aromatic heterocycles. The molecule has 0 spiro atoms. The zero-order valence-electron chi connectivity index (χ0n) is 6.40. The number of hydrogen-bond acceptors (Lipinski definition) is 5. The Morgan fingerprint density at radius 1 is 1.42 bits per heavy atom. The quantitative estimate of drug-likeness (QED) is 0.593. The van der Waals surface area contributed by atoms with Crippen LogP contribution in [0.25, 0.3) is 0 Å². The molecule has 5 heteroatoms. The molecule has 0 unspecified atom stereocenters. The van der Waals surface area contributed by atoms with Gasteiger partial charge in [-0.25, -0.2) is 9.98 Å². The molecule has 12 heavy (non-hydrogen) atoms. The molecule has 0 atom stereocenters. The Bertz CT molecular complexity index is 397. The monoisotopic (exact) mass is 162 g/mol. The molecule has 1 aliphatic heterocycles. The molecule has 0 bridgehead atoms. The number of aliphatic imine (C=N–C) groups is 1. The molecule has 0 aromatic carbocycles. The maximum Gasteiger partial charge on any atom is 0.222 e. The summed E-state index contributed by atoms with van der Waals surface area (Å²) in [7, 11) is 0. The van der Waals surface area contributed by atoms with Crippen LogP contribution in [-0.4, -0.2) is 22.0 Å². The van der Waals surface area contributed by atoms with Gasteiger partial charge in [0.05, 0.1) is 17.5 Å². The van der Waals surface area contributed by atoms with Gasteiger partial charge in [-0.2, -0.15) is 4.98 Å². The Balaban J connectivity index is 2.74. The molecule has 0 aliphatic carbocycles. The molecule has 0 saturated heterocycles. The van der Waals surface area contributed by atoms with E-state index in [1.165, 1.54) is 6.21 Å². The summed E-state index contributed by atoms with van der Waals surface area (Å²) in [5, 5.41) is 0. The number of Topliss-reactive ketones (excluding diaryl/α,β-unsaturated/α-hetero) is 1. The smallest absolute Gasteiger partial charge is 0.222 e. The second kappa shape index (κ2) is 2.10. The number of aromatic nitrogens is 2. The van der Waals surface area contributed by atoms with Crippen molar-refractivity contribution < 1.29 is 4.79 Å². The zero-order chi connectivity index (χ0) is 8.72. The van der Waals surface area contributed by atoms with Gasteiger partial charge in [0.2, 0.25) is 11.7 Å². The highest BCUT2D eigenvalue weighted by atomic mass is 16.1. The first-order valence-electron chi connectivity index (χ1n) is 3.41. The number of nitrogen functional groups attached to an aromatic ring is 1. The summed E-state index contributed by atoms with van der Waals surface area (Å²) in [6.45, 7) is 1.71. The van der Waals surface area contributed by atoms with Gasteiger partial charge in [0, 0.05) is 0 Å². The fourth-order valence-corrected chi connectivity index (χ4v) is 1.15. The molecule has 0 radical (unpaired) electrons. The van der Waals surface area contributed by atoms with Gasteiger partial charge in [0.1, 0.15) is 0 Å². The van der Waals surface area contributed by atoms with E-state index in [0.29, 0.717) is 17.1 Å². The summed E-state index contributed by atoms with van der Waals surface area (Å²) in [6.07, 6.45) is 1.23. The number of nitrogens with zero attached hydrogens (tertiary/aromatic N) is 3. The molecule has 0 amide bonds. The van der Waals surface area contributed by atoms with E-state index in [0.717, 1.165) is 0 Å². The Morgan fingerprint density at radius 3 is 2.92 bits per heavy atom. The van der Waals surface area contributed by atoms with E-state index < -0.39 is 0 Å². The van der Waals surface area contributed by atoms with Crippen molar-refractivity contribution >= 4 is 23.8 Å². The third-order valence-corrected chi connectivity index (χ3v) is 1.64. The van der Waals surface area contributed by atoms with Gasteiger partial charge in [-0.15, -0.1) is 0 Å². The van der Waals surface area contributed by atoms with Crippen molar-refractivity contribution in [3.63, 3.8) is 0 Å². The Labute approximate surface area is 68.4 Å². The fraction of sp³-hybridized carbons (Fsp3) is 0.143. The van der Waals surface area contributed by atoms with Crippen molar-refractivity contribution in [2.45, 2.75) is 6.92 Å². The molecule has 1 aromatic rings. The van der Waals surface area contributed by atoms with Crippen molar-refractivity contribution in [1.29, 1.82) is 0 Å². The molecule has 0 fully saturated rings. The SMILES string of the molecule is Cc1nc(N)nc2c1C(=O)C=N2. The highest BCUT2D eigenvalue weighted by molar-refractivity contribution is 6.40. The predicted molar refractivity (Wildman–Crippen MR) is 43.7 cm³/mol. The molecule has 2 N–H and O–H groups in total. The molecule has 2 heterocycles. The van der Waals surface area contributed by atoms with Crippen LogP contribution in [0.1, 0.15) is 16.1 Å². The van der Waals surface area contributed by atoms with E-state index in [1.54, 1.807) is 6.92 Å². The van der Waals surface area contributed by atoms with Gasteiger partial charge >= 0.3 is 0 Å². The number of carbonyl (C=O) groups is 1. The van der Waals surface area contributed by atoms with Gasteiger partial charge in [-0.1, -0.05) is 0 Å². The second-order valence-electron chi connectivity index (χ2n) is 2.49. The molecule has 2 rings (SSSR count). The van der Waals surface area contributed by atoms with E-state index in [2.05, 4.69) is 15.0 Å². The number of fused-ring (bicyclic) bond motifs is 1. The van der Waals surface area contributed by atoms with Crippen LogP contribution in [0.15, 0.2) is 4.99 Å². The third kappa shape index (κ3) is 0.795. The lowest BCUT2D eigenvalue weighted by atomic mass is 10.2. The van der Waals surface area contributed by atoms with E-state index >= 15 is 0 Å². The fourth-order valence-electron chi connectivity index (χ4n) is 1.15. The summed E-state index contributed by atoms with van der Waals surface area (Å²) < 4.78 is 0. The summed E-state index contributed by atoms with van der Waals surface area (Å²) in [4.78, 5) is 22.6. The molecule has 5 nitrogen and oxygen atoms in total.